The average Bonchev–Trinajstić information content (AvgIpc) is 3.03. The highest BCUT2D eigenvalue weighted by Gasteiger charge is 2.31. The molecule has 0 saturated heterocycles. The standard InChI is InChI=1S/C25H26F3N5O/c1-2-32-13-4-14-33(24(34)30-20-9-7-17(16-29)8-10-20)23-22(32)12-11-21(31-23)18-5-3-6-19(15-18)25(26,27)28/h3,5-12,15H,2,4,13-14,16,29H2,1H3,(H,30,34). The molecule has 0 unspecified atom stereocenters. The summed E-state index contributed by atoms with van der Waals surface area (Å²) in [4.78, 5) is 21.6. The number of amides is 2. The van der Waals surface area contributed by atoms with Crippen LogP contribution >= 0.6 is 0 Å². The number of anilines is 3. The first-order valence-corrected chi connectivity index (χ1v) is 11.1. The zero-order chi connectivity index (χ0) is 24.3. The van der Waals surface area contributed by atoms with Gasteiger partial charge < -0.3 is 16.0 Å². The monoisotopic (exact) mass is 469 g/mol. The van der Waals surface area contributed by atoms with Gasteiger partial charge in [0.1, 0.15) is 0 Å². The van der Waals surface area contributed by atoms with Crippen LogP contribution in [0.2, 0.25) is 0 Å². The molecular formula is C25H26F3N5O. The van der Waals surface area contributed by atoms with Crippen molar-refractivity contribution in [2.45, 2.75) is 26.1 Å². The molecule has 2 heterocycles. The van der Waals surface area contributed by atoms with Crippen molar-refractivity contribution in [2.75, 3.05) is 34.8 Å². The van der Waals surface area contributed by atoms with Gasteiger partial charge in [-0.25, -0.2) is 9.78 Å². The van der Waals surface area contributed by atoms with E-state index in [1.807, 2.05) is 25.1 Å². The van der Waals surface area contributed by atoms with E-state index in [4.69, 9.17) is 5.73 Å². The molecule has 4 rings (SSSR count). The van der Waals surface area contributed by atoms with Gasteiger partial charge in [0.25, 0.3) is 0 Å². The summed E-state index contributed by atoms with van der Waals surface area (Å²) in [5.74, 6) is 0.422. The number of hydrogen-bond acceptors (Lipinski definition) is 4. The van der Waals surface area contributed by atoms with Crippen LogP contribution in [0.1, 0.15) is 24.5 Å². The Morgan fingerprint density at radius 1 is 1.09 bits per heavy atom. The van der Waals surface area contributed by atoms with E-state index in [9.17, 15) is 18.0 Å². The van der Waals surface area contributed by atoms with Crippen LogP contribution in [0, 0.1) is 0 Å². The van der Waals surface area contributed by atoms with E-state index in [2.05, 4.69) is 15.2 Å². The number of nitrogens with one attached hydrogen (secondary N) is 1. The molecule has 0 aliphatic carbocycles. The zero-order valence-electron chi connectivity index (χ0n) is 18.8. The molecule has 178 valence electrons. The first-order valence-electron chi connectivity index (χ1n) is 11.1. The van der Waals surface area contributed by atoms with Crippen molar-refractivity contribution in [2.24, 2.45) is 5.73 Å². The van der Waals surface area contributed by atoms with E-state index in [1.165, 1.54) is 6.07 Å². The number of carbonyl (C=O) groups excluding carboxylic acids is 1. The number of urea groups is 1. The largest absolute Gasteiger partial charge is 0.416 e. The van der Waals surface area contributed by atoms with Gasteiger partial charge in [-0.15, -0.1) is 0 Å². The van der Waals surface area contributed by atoms with E-state index in [1.54, 1.807) is 29.2 Å². The summed E-state index contributed by atoms with van der Waals surface area (Å²) in [7, 11) is 0. The molecule has 0 spiro atoms. The van der Waals surface area contributed by atoms with Crippen LogP contribution in [0.3, 0.4) is 0 Å². The number of aromatic nitrogens is 1. The van der Waals surface area contributed by atoms with Gasteiger partial charge in [0.15, 0.2) is 5.82 Å². The summed E-state index contributed by atoms with van der Waals surface area (Å²) in [6.45, 7) is 4.30. The number of fused-ring (bicyclic) bond motifs is 1. The lowest BCUT2D eigenvalue weighted by atomic mass is 10.1. The maximum Gasteiger partial charge on any atom is 0.416 e. The van der Waals surface area contributed by atoms with Gasteiger partial charge in [0.05, 0.1) is 16.9 Å². The van der Waals surface area contributed by atoms with Gasteiger partial charge in [-0.1, -0.05) is 24.3 Å². The van der Waals surface area contributed by atoms with Crippen LogP contribution in [0.15, 0.2) is 60.7 Å². The molecule has 2 amide bonds. The maximum absolute atomic E-state index is 13.2. The molecule has 6 nitrogen and oxygen atoms in total. The molecule has 0 radical (unpaired) electrons. The third-order valence-corrected chi connectivity index (χ3v) is 5.81. The Morgan fingerprint density at radius 2 is 1.85 bits per heavy atom. The number of halogens is 3. The van der Waals surface area contributed by atoms with Crippen molar-refractivity contribution in [3.05, 3.63) is 71.8 Å². The minimum absolute atomic E-state index is 0.336. The number of rotatable bonds is 4. The third kappa shape index (κ3) is 4.99. The van der Waals surface area contributed by atoms with Gasteiger partial charge in [0.2, 0.25) is 0 Å². The lowest BCUT2D eigenvalue weighted by Crippen LogP contribution is -2.36. The normalized spacial score (nSPS) is 13.9. The van der Waals surface area contributed by atoms with Crippen molar-refractivity contribution in [1.29, 1.82) is 0 Å². The molecule has 1 aliphatic rings. The predicted molar refractivity (Wildman–Crippen MR) is 128 cm³/mol. The molecule has 3 aromatic rings. The molecule has 9 heteroatoms. The van der Waals surface area contributed by atoms with Crippen LogP contribution in [0.4, 0.5) is 35.2 Å². The zero-order valence-corrected chi connectivity index (χ0v) is 18.8. The average molecular weight is 470 g/mol. The minimum Gasteiger partial charge on any atom is -0.369 e. The van der Waals surface area contributed by atoms with Crippen LogP contribution < -0.4 is 20.9 Å². The van der Waals surface area contributed by atoms with Gasteiger partial charge in [-0.2, -0.15) is 13.2 Å². The molecule has 0 fully saturated rings. The quantitative estimate of drug-likeness (QED) is 0.530. The van der Waals surface area contributed by atoms with E-state index >= 15 is 0 Å². The number of pyridine rings is 1. The number of alkyl halides is 3. The van der Waals surface area contributed by atoms with Crippen LogP contribution in [0.25, 0.3) is 11.3 Å². The Balaban J connectivity index is 1.71. The Hall–Kier alpha value is -3.59. The molecule has 0 bridgehead atoms. The predicted octanol–water partition coefficient (Wildman–Crippen LogP) is 5.49. The van der Waals surface area contributed by atoms with Gasteiger partial charge in [-0.05, 0) is 55.3 Å². The Morgan fingerprint density at radius 3 is 2.53 bits per heavy atom. The molecular weight excluding hydrogens is 443 g/mol. The summed E-state index contributed by atoms with van der Waals surface area (Å²) in [6.07, 6.45) is -3.73. The molecule has 0 atom stereocenters. The molecule has 2 aromatic carbocycles. The SMILES string of the molecule is CCN1CCCN(C(=O)Nc2ccc(CN)cc2)c2nc(-c3cccc(C(F)(F)F)c3)ccc21. The second kappa shape index (κ2) is 9.72. The fourth-order valence-electron chi connectivity index (χ4n) is 3.99. The Bertz CT molecular complexity index is 1160. The molecule has 34 heavy (non-hydrogen) atoms. The van der Waals surface area contributed by atoms with E-state index < -0.39 is 11.7 Å². The van der Waals surface area contributed by atoms with Crippen molar-refractivity contribution in [3.63, 3.8) is 0 Å². The van der Waals surface area contributed by atoms with Gasteiger partial charge in [-0.3, -0.25) is 4.90 Å². The van der Waals surface area contributed by atoms with Crippen molar-refractivity contribution >= 4 is 23.2 Å². The van der Waals surface area contributed by atoms with Crippen LogP contribution in [0.5, 0.6) is 0 Å². The second-order valence-electron chi connectivity index (χ2n) is 8.03. The minimum atomic E-state index is -4.45. The number of carbonyl (C=O) groups is 1. The number of nitrogens with zero attached hydrogens (tertiary/aromatic N) is 3. The summed E-state index contributed by atoms with van der Waals surface area (Å²) in [5.41, 5.74) is 7.94. The summed E-state index contributed by atoms with van der Waals surface area (Å²) in [6, 6.07) is 15.5. The molecule has 0 saturated carbocycles. The van der Waals surface area contributed by atoms with Gasteiger partial charge in [0, 0.05) is 37.4 Å². The van der Waals surface area contributed by atoms with Crippen molar-refractivity contribution in [1.82, 2.24) is 4.98 Å². The first-order chi connectivity index (χ1) is 16.3. The van der Waals surface area contributed by atoms with E-state index in [0.29, 0.717) is 42.4 Å². The number of hydrogen-bond donors (Lipinski definition) is 2. The fourth-order valence-corrected chi connectivity index (χ4v) is 3.99. The second-order valence-corrected chi connectivity index (χ2v) is 8.03. The maximum atomic E-state index is 13.2. The lowest BCUT2D eigenvalue weighted by molar-refractivity contribution is -0.137. The summed E-state index contributed by atoms with van der Waals surface area (Å²) in [5, 5.41) is 2.89. The Kier molecular flexibility index (Phi) is 6.74. The third-order valence-electron chi connectivity index (χ3n) is 5.81. The van der Waals surface area contributed by atoms with Gasteiger partial charge >= 0.3 is 12.2 Å². The highest BCUT2D eigenvalue weighted by Crippen LogP contribution is 2.36. The fraction of sp³-hybridized carbons (Fsp3) is 0.280. The Labute approximate surface area is 196 Å². The molecule has 1 aromatic heterocycles. The highest BCUT2D eigenvalue weighted by molar-refractivity contribution is 6.03. The highest BCUT2D eigenvalue weighted by atomic mass is 19.4. The van der Waals surface area contributed by atoms with Crippen molar-refractivity contribution < 1.29 is 18.0 Å². The summed E-state index contributed by atoms with van der Waals surface area (Å²) >= 11 is 0. The first kappa shape index (κ1) is 23.6. The number of nitrogens with two attached hydrogens (primary N) is 1. The van der Waals surface area contributed by atoms with E-state index in [0.717, 1.165) is 36.3 Å². The van der Waals surface area contributed by atoms with Crippen molar-refractivity contribution in [3.8, 4) is 11.3 Å². The van der Waals surface area contributed by atoms with E-state index in [-0.39, 0.29) is 6.03 Å². The number of benzene rings is 2. The topological polar surface area (TPSA) is 74.5 Å². The summed E-state index contributed by atoms with van der Waals surface area (Å²) < 4.78 is 39.7. The molecule has 1 aliphatic heterocycles. The smallest absolute Gasteiger partial charge is 0.369 e. The van der Waals surface area contributed by atoms with Crippen LogP contribution in [-0.2, 0) is 12.7 Å². The van der Waals surface area contributed by atoms with Crippen LogP contribution in [-0.4, -0.2) is 30.6 Å². The lowest BCUT2D eigenvalue weighted by Gasteiger charge is -2.25. The molecule has 3 N–H and O–H groups in total.